The maximum Gasteiger partial charge on any atom is 0.161 e. The van der Waals surface area contributed by atoms with Crippen LogP contribution in [0.5, 0.6) is 0 Å². The Morgan fingerprint density at radius 1 is 1.71 bits per heavy atom. The molecule has 0 aromatic carbocycles. The Balaban J connectivity index is 3.12. The van der Waals surface area contributed by atoms with Gasteiger partial charge in [0.2, 0.25) is 0 Å². The minimum Gasteiger partial charge on any atom is -0.251 e. The summed E-state index contributed by atoms with van der Waals surface area (Å²) >= 11 is 5.24. The van der Waals surface area contributed by atoms with Crippen LogP contribution in [0.1, 0.15) is 0 Å². The van der Waals surface area contributed by atoms with Gasteiger partial charge in [0.1, 0.15) is 3.70 Å². The van der Waals surface area contributed by atoms with E-state index in [1.165, 1.54) is 0 Å². The standard InChI is InChI=1S/C2HBrIN3/c3-1-2(4)6-7-5-1/h(H,5,6,7). The molecule has 7 heavy (non-hydrogen) atoms. The first kappa shape index (κ1) is 5.49. The second-order valence-corrected chi connectivity index (χ2v) is 2.75. The quantitative estimate of drug-likeness (QED) is 0.721. The SMILES string of the molecule is Brc1nn[nH]c1I. The van der Waals surface area contributed by atoms with Crippen LogP contribution in [0.15, 0.2) is 4.60 Å². The maximum absolute atomic E-state index is 3.62. The van der Waals surface area contributed by atoms with Crippen molar-refractivity contribution >= 4 is 38.5 Å². The zero-order valence-electron chi connectivity index (χ0n) is 3.15. The number of hydrogen-bond donors (Lipinski definition) is 1. The van der Waals surface area contributed by atoms with Gasteiger partial charge in [-0.05, 0) is 38.5 Å². The Bertz CT molecular complexity index is 145. The number of H-pyrrole nitrogens is 1. The van der Waals surface area contributed by atoms with E-state index in [2.05, 4.69) is 53.9 Å². The normalized spacial score (nSPS) is 9.43. The molecule has 0 aliphatic heterocycles. The molecule has 0 aliphatic carbocycles. The smallest absolute Gasteiger partial charge is 0.161 e. The Kier molecular flexibility index (Phi) is 1.63. The van der Waals surface area contributed by atoms with E-state index in [1.54, 1.807) is 0 Å². The second-order valence-electron chi connectivity index (χ2n) is 0.917. The summed E-state index contributed by atoms with van der Waals surface area (Å²) in [6, 6.07) is 0. The summed E-state index contributed by atoms with van der Waals surface area (Å²) in [5, 5.41) is 9.76. The van der Waals surface area contributed by atoms with Crippen molar-refractivity contribution in [3.05, 3.63) is 8.30 Å². The van der Waals surface area contributed by atoms with Crippen LogP contribution in [0, 0.1) is 3.70 Å². The van der Waals surface area contributed by atoms with Crippen LogP contribution in [0.2, 0.25) is 0 Å². The number of halogens is 2. The molecule has 0 bridgehead atoms. The lowest BCUT2D eigenvalue weighted by atomic mass is 11.0. The Morgan fingerprint density at radius 2 is 2.43 bits per heavy atom. The third-order valence-corrected chi connectivity index (χ3v) is 2.52. The van der Waals surface area contributed by atoms with Gasteiger partial charge in [-0.15, -0.1) is 5.10 Å². The molecule has 1 heterocycles. The number of nitrogens with zero attached hydrogens (tertiary/aromatic N) is 2. The van der Waals surface area contributed by atoms with E-state index in [-0.39, 0.29) is 0 Å². The molecule has 0 amide bonds. The third kappa shape index (κ3) is 1.12. The first-order valence-corrected chi connectivity index (χ1v) is 3.40. The van der Waals surface area contributed by atoms with E-state index in [9.17, 15) is 0 Å². The largest absolute Gasteiger partial charge is 0.251 e. The molecule has 38 valence electrons. The molecule has 0 unspecified atom stereocenters. The number of aromatic nitrogens is 3. The zero-order chi connectivity index (χ0) is 5.28. The fourth-order valence-corrected chi connectivity index (χ4v) is 0.587. The first-order chi connectivity index (χ1) is 3.30. The van der Waals surface area contributed by atoms with Gasteiger partial charge >= 0.3 is 0 Å². The van der Waals surface area contributed by atoms with E-state index >= 15 is 0 Å². The highest BCUT2D eigenvalue weighted by atomic mass is 127. The van der Waals surface area contributed by atoms with E-state index in [4.69, 9.17) is 0 Å². The molecule has 1 N–H and O–H groups in total. The van der Waals surface area contributed by atoms with E-state index in [0.29, 0.717) is 0 Å². The van der Waals surface area contributed by atoms with Gasteiger partial charge < -0.3 is 0 Å². The summed E-state index contributed by atoms with van der Waals surface area (Å²) in [6.07, 6.45) is 0. The molecule has 1 rings (SSSR count). The van der Waals surface area contributed by atoms with Crippen molar-refractivity contribution in [3.8, 4) is 0 Å². The zero-order valence-corrected chi connectivity index (χ0v) is 6.89. The molecular formula is C2HBrIN3. The predicted octanol–water partition coefficient (Wildman–Crippen LogP) is 1.17. The number of rotatable bonds is 0. The van der Waals surface area contributed by atoms with E-state index in [1.807, 2.05) is 0 Å². The first-order valence-electron chi connectivity index (χ1n) is 1.53. The average molecular weight is 274 g/mol. The van der Waals surface area contributed by atoms with Gasteiger partial charge in [0.25, 0.3) is 0 Å². The van der Waals surface area contributed by atoms with Gasteiger partial charge in [-0.2, -0.15) is 0 Å². The molecule has 0 saturated heterocycles. The monoisotopic (exact) mass is 273 g/mol. The van der Waals surface area contributed by atoms with Crippen LogP contribution in [0.3, 0.4) is 0 Å². The second kappa shape index (κ2) is 2.08. The highest BCUT2D eigenvalue weighted by Crippen LogP contribution is 2.10. The molecule has 0 fully saturated rings. The fourth-order valence-electron chi connectivity index (χ4n) is 0.203. The van der Waals surface area contributed by atoms with Crippen molar-refractivity contribution in [2.45, 2.75) is 0 Å². The van der Waals surface area contributed by atoms with E-state index < -0.39 is 0 Å². The van der Waals surface area contributed by atoms with Crippen LogP contribution >= 0.6 is 38.5 Å². The van der Waals surface area contributed by atoms with Crippen molar-refractivity contribution in [2.24, 2.45) is 0 Å². The van der Waals surface area contributed by atoms with Gasteiger partial charge in [-0.1, -0.05) is 5.21 Å². The van der Waals surface area contributed by atoms with Crippen LogP contribution < -0.4 is 0 Å². The van der Waals surface area contributed by atoms with Crippen molar-refractivity contribution in [1.29, 1.82) is 0 Å². The van der Waals surface area contributed by atoms with Gasteiger partial charge in [-0.3, -0.25) is 5.10 Å². The third-order valence-electron chi connectivity index (χ3n) is 0.467. The van der Waals surface area contributed by atoms with Crippen LogP contribution in [0.25, 0.3) is 0 Å². The van der Waals surface area contributed by atoms with Crippen LogP contribution in [-0.4, -0.2) is 15.4 Å². The Hall–Kier alpha value is 0.350. The lowest BCUT2D eigenvalue weighted by Gasteiger charge is -1.71. The van der Waals surface area contributed by atoms with Crippen LogP contribution in [-0.2, 0) is 0 Å². The Morgan fingerprint density at radius 3 is 2.57 bits per heavy atom. The molecule has 0 spiro atoms. The average Bonchev–Trinajstić information content (AvgIpc) is 1.91. The topological polar surface area (TPSA) is 41.6 Å². The highest BCUT2D eigenvalue weighted by Gasteiger charge is 1.94. The lowest BCUT2D eigenvalue weighted by molar-refractivity contribution is 0.929. The van der Waals surface area contributed by atoms with Crippen molar-refractivity contribution in [1.82, 2.24) is 15.4 Å². The summed E-state index contributed by atoms with van der Waals surface area (Å²) < 4.78 is 1.70. The predicted molar refractivity (Wildman–Crippen MR) is 36.8 cm³/mol. The summed E-state index contributed by atoms with van der Waals surface area (Å²) in [5.74, 6) is 0. The van der Waals surface area contributed by atoms with Gasteiger partial charge in [-0.25, -0.2) is 0 Å². The maximum atomic E-state index is 3.62. The molecule has 0 saturated carbocycles. The number of hydrogen-bond acceptors (Lipinski definition) is 2. The minimum absolute atomic E-state index is 0.771. The highest BCUT2D eigenvalue weighted by molar-refractivity contribution is 14.1. The van der Waals surface area contributed by atoms with Gasteiger partial charge in [0, 0.05) is 0 Å². The van der Waals surface area contributed by atoms with Gasteiger partial charge in [0.15, 0.2) is 4.60 Å². The summed E-state index contributed by atoms with van der Waals surface area (Å²) in [5.41, 5.74) is 0. The van der Waals surface area contributed by atoms with Crippen molar-refractivity contribution < 1.29 is 0 Å². The Labute approximate surface area is 62.1 Å². The molecule has 0 aliphatic rings. The minimum atomic E-state index is 0.771. The molecule has 1 aromatic heterocycles. The number of aromatic amines is 1. The van der Waals surface area contributed by atoms with Crippen molar-refractivity contribution in [3.63, 3.8) is 0 Å². The number of nitrogens with one attached hydrogen (secondary N) is 1. The van der Waals surface area contributed by atoms with Gasteiger partial charge in [0.05, 0.1) is 0 Å². The van der Waals surface area contributed by atoms with E-state index in [0.717, 1.165) is 8.30 Å². The summed E-state index contributed by atoms with van der Waals surface area (Å²) in [7, 11) is 0. The lowest BCUT2D eigenvalue weighted by Crippen LogP contribution is -1.66. The van der Waals surface area contributed by atoms with Crippen LogP contribution in [0.4, 0.5) is 0 Å². The summed E-state index contributed by atoms with van der Waals surface area (Å²) in [6.45, 7) is 0. The summed E-state index contributed by atoms with van der Waals surface area (Å²) in [4.78, 5) is 0. The fraction of sp³-hybridized carbons (Fsp3) is 0. The molecular weight excluding hydrogens is 273 g/mol. The molecule has 5 heteroatoms. The van der Waals surface area contributed by atoms with Crippen molar-refractivity contribution in [2.75, 3.05) is 0 Å². The molecule has 0 radical (unpaired) electrons. The molecule has 1 aromatic rings. The molecule has 0 atom stereocenters. The molecule has 3 nitrogen and oxygen atoms in total.